The number of hydrogen-bond acceptors (Lipinski definition) is 4. The van der Waals surface area contributed by atoms with Crippen molar-refractivity contribution >= 4 is 17.7 Å². The average molecular weight is 319 g/mol. The van der Waals surface area contributed by atoms with Gasteiger partial charge < -0.3 is 20.1 Å². The van der Waals surface area contributed by atoms with Crippen molar-refractivity contribution in [3.63, 3.8) is 0 Å². The highest BCUT2D eigenvalue weighted by molar-refractivity contribution is 5.94. The molecule has 2 fully saturated rings. The Kier molecular flexibility index (Phi) is 3.89. The average Bonchev–Trinajstić information content (AvgIpc) is 2.85. The highest BCUT2D eigenvalue weighted by Gasteiger charge is 2.39. The predicted molar refractivity (Wildman–Crippen MR) is 84.9 cm³/mol. The minimum atomic E-state index is -1.29. The van der Waals surface area contributed by atoms with E-state index in [-0.39, 0.29) is 12.1 Å². The number of piperazine rings is 1. The van der Waals surface area contributed by atoms with E-state index in [1.165, 1.54) is 13.8 Å². The van der Waals surface area contributed by atoms with E-state index in [9.17, 15) is 9.59 Å². The van der Waals surface area contributed by atoms with Gasteiger partial charge in [-0.05, 0) is 38.1 Å². The van der Waals surface area contributed by atoms with Crippen LogP contribution in [0.25, 0.3) is 0 Å². The molecule has 1 aromatic carbocycles. The molecule has 2 amide bonds. The molecule has 1 aromatic rings. The number of benzene rings is 1. The molecule has 7 nitrogen and oxygen atoms in total. The number of carboxylic acid groups (broad SMARTS) is 1. The lowest BCUT2D eigenvalue weighted by molar-refractivity contribution is -0.152. The number of nitrogens with zero attached hydrogens (tertiary/aromatic N) is 2. The van der Waals surface area contributed by atoms with Crippen LogP contribution >= 0.6 is 0 Å². The second-order valence-electron chi connectivity index (χ2n) is 6.36. The molecule has 0 bridgehead atoms. The smallest absolute Gasteiger partial charge is 0.347 e. The number of hydrogen-bond donors (Lipinski definition) is 2. The van der Waals surface area contributed by atoms with Gasteiger partial charge >= 0.3 is 12.0 Å². The highest BCUT2D eigenvalue weighted by atomic mass is 16.5. The Morgan fingerprint density at radius 2 is 2.04 bits per heavy atom. The molecule has 0 aromatic heterocycles. The summed E-state index contributed by atoms with van der Waals surface area (Å²) >= 11 is 0. The second kappa shape index (κ2) is 5.73. The van der Waals surface area contributed by atoms with E-state index in [0.29, 0.717) is 12.3 Å². The van der Waals surface area contributed by atoms with Crippen LogP contribution in [0.15, 0.2) is 24.3 Å². The van der Waals surface area contributed by atoms with E-state index in [0.717, 1.165) is 25.3 Å². The molecule has 2 saturated heterocycles. The second-order valence-corrected chi connectivity index (χ2v) is 6.36. The van der Waals surface area contributed by atoms with Gasteiger partial charge in [-0.1, -0.05) is 0 Å². The van der Waals surface area contributed by atoms with E-state index in [2.05, 4.69) is 5.32 Å². The van der Waals surface area contributed by atoms with Crippen LogP contribution in [0.5, 0.6) is 5.75 Å². The number of anilines is 1. The quantitative estimate of drug-likeness (QED) is 0.870. The summed E-state index contributed by atoms with van der Waals surface area (Å²) in [5, 5.41) is 12.4. The van der Waals surface area contributed by atoms with Crippen molar-refractivity contribution < 1.29 is 19.4 Å². The van der Waals surface area contributed by atoms with Crippen LogP contribution in [0.1, 0.15) is 13.8 Å². The van der Waals surface area contributed by atoms with Crippen molar-refractivity contribution in [2.75, 3.05) is 31.1 Å². The molecule has 7 heteroatoms. The van der Waals surface area contributed by atoms with Crippen molar-refractivity contribution in [3.05, 3.63) is 24.3 Å². The van der Waals surface area contributed by atoms with Crippen molar-refractivity contribution in [2.24, 2.45) is 0 Å². The normalized spacial score (nSPS) is 21.3. The van der Waals surface area contributed by atoms with Gasteiger partial charge in [0.15, 0.2) is 5.60 Å². The number of nitrogens with one attached hydrogen (secondary N) is 1. The third kappa shape index (κ3) is 2.96. The van der Waals surface area contributed by atoms with Crippen molar-refractivity contribution in [1.82, 2.24) is 10.2 Å². The number of ether oxygens (including phenoxy) is 1. The Labute approximate surface area is 134 Å². The maximum atomic E-state index is 12.5. The Hall–Kier alpha value is -2.28. The first-order valence-electron chi connectivity index (χ1n) is 7.70. The maximum Gasteiger partial charge on any atom is 0.347 e. The Bertz CT molecular complexity index is 614. The fourth-order valence-electron chi connectivity index (χ4n) is 2.87. The van der Waals surface area contributed by atoms with Crippen LogP contribution in [-0.2, 0) is 4.79 Å². The van der Waals surface area contributed by atoms with Gasteiger partial charge in [0.2, 0.25) is 0 Å². The summed E-state index contributed by atoms with van der Waals surface area (Å²) in [5.74, 6) is -0.562. The Balaban J connectivity index is 1.73. The minimum Gasteiger partial charge on any atom is -0.478 e. The zero-order chi connectivity index (χ0) is 16.6. The van der Waals surface area contributed by atoms with Crippen LogP contribution in [0.4, 0.5) is 10.5 Å². The van der Waals surface area contributed by atoms with E-state index in [1.807, 2.05) is 4.90 Å². The molecule has 2 aliphatic heterocycles. The van der Waals surface area contributed by atoms with E-state index in [4.69, 9.17) is 9.84 Å². The number of carbonyl (C=O) groups is 2. The molecule has 2 heterocycles. The van der Waals surface area contributed by atoms with Crippen LogP contribution in [0.3, 0.4) is 0 Å². The third-order valence-corrected chi connectivity index (χ3v) is 4.26. The fourth-order valence-corrected chi connectivity index (χ4v) is 2.87. The zero-order valence-corrected chi connectivity index (χ0v) is 13.3. The number of carbonyl (C=O) groups excluding carboxylic acids is 1. The maximum absolute atomic E-state index is 12.5. The lowest BCUT2D eigenvalue weighted by Crippen LogP contribution is -2.49. The topological polar surface area (TPSA) is 82.1 Å². The minimum absolute atomic E-state index is 0.0241. The summed E-state index contributed by atoms with van der Waals surface area (Å²) in [4.78, 5) is 27.2. The molecule has 0 spiro atoms. The number of carboxylic acids is 1. The zero-order valence-electron chi connectivity index (χ0n) is 13.3. The first kappa shape index (κ1) is 15.6. The SMILES string of the molecule is CC(C)(Oc1ccc(N2CC3CNCCN3C2=O)cc1)C(=O)O. The molecule has 0 saturated carbocycles. The van der Waals surface area contributed by atoms with Gasteiger partial charge in [-0.25, -0.2) is 9.59 Å². The highest BCUT2D eigenvalue weighted by Crippen LogP contribution is 2.27. The van der Waals surface area contributed by atoms with Gasteiger partial charge in [0.25, 0.3) is 0 Å². The molecule has 2 N–H and O–H groups in total. The molecule has 0 radical (unpaired) electrons. The third-order valence-electron chi connectivity index (χ3n) is 4.26. The summed E-state index contributed by atoms with van der Waals surface area (Å²) in [5.41, 5.74) is -0.498. The fraction of sp³-hybridized carbons (Fsp3) is 0.500. The lowest BCUT2D eigenvalue weighted by atomic mass is 10.1. The molecule has 3 rings (SSSR count). The van der Waals surface area contributed by atoms with E-state index >= 15 is 0 Å². The van der Waals surface area contributed by atoms with Crippen LogP contribution in [0.2, 0.25) is 0 Å². The molecule has 0 aliphatic carbocycles. The summed E-state index contributed by atoms with van der Waals surface area (Å²) < 4.78 is 5.48. The van der Waals surface area contributed by atoms with Gasteiger partial charge in [0.05, 0.1) is 6.04 Å². The van der Waals surface area contributed by atoms with E-state index in [1.54, 1.807) is 29.2 Å². The number of urea groups is 1. The summed E-state index contributed by atoms with van der Waals surface area (Å²) in [6, 6.07) is 7.20. The number of aliphatic carboxylic acids is 1. The summed E-state index contributed by atoms with van der Waals surface area (Å²) in [7, 11) is 0. The Morgan fingerprint density at radius 3 is 2.65 bits per heavy atom. The van der Waals surface area contributed by atoms with Gasteiger partial charge in [0, 0.05) is 31.9 Å². The standard InChI is InChI=1S/C16H21N3O4/c1-16(2,14(20)21)23-13-5-3-11(4-6-13)19-10-12-9-17-7-8-18(12)15(19)22/h3-6,12,17H,7-10H2,1-2H3,(H,20,21). The van der Waals surface area contributed by atoms with Crippen LogP contribution < -0.4 is 15.0 Å². The lowest BCUT2D eigenvalue weighted by Gasteiger charge is -2.28. The molecule has 1 atom stereocenters. The summed E-state index contributed by atoms with van der Waals surface area (Å²) in [6.45, 7) is 6.03. The van der Waals surface area contributed by atoms with Gasteiger partial charge in [-0.15, -0.1) is 0 Å². The number of fused-ring (bicyclic) bond motifs is 1. The molecular weight excluding hydrogens is 298 g/mol. The predicted octanol–water partition coefficient (Wildman–Crippen LogP) is 1.14. The monoisotopic (exact) mass is 319 g/mol. The molecule has 1 unspecified atom stereocenters. The van der Waals surface area contributed by atoms with Crippen LogP contribution in [0, 0.1) is 0 Å². The first-order chi connectivity index (χ1) is 10.9. The molecular formula is C16H21N3O4. The molecule has 124 valence electrons. The number of rotatable bonds is 4. The Morgan fingerprint density at radius 1 is 1.35 bits per heavy atom. The molecule has 2 aliphatic rings. The van der Waals surface area contributed by atoms with Gasteiger partial charge in [0.1, 0.15) is 5.75 Å². The van der Waals surface area contributed by atoms with Crippen molar-refractivity contribution in [3.8, 4) is 5.75 Å². The first-order valence-corrected chi connectivity index (χ1v) is 7.70. The van der Waals surface area contributed by atoms with Crippen molar-refractivity contribution in [1.29, 1.82) is 0 Å². The largest absolute Gasteiger partial charge is 0.478 e. The van der Waals surface area contributed by atoms with Crippen molar-refractivity contribution in [2.45, 2.75) is 25.5 Å². The molecule has 23 heavy (non-hydrogen) atoms. The summed E-state index contributed by atoms with van der Waals surface area (Å²) in [6.07, 6.45) is 0. The number of amides is 2. The van der Waals surface area contributed by atoms with Gasteiger partial charge in [-0.3, -0.25) is 4.90 Å². The van der Waals surface area contributed by atoms with E-state index < -0.39 is 11.6 Å². The van der Waals surface area contributed by atoms with Crippen LogP contribution in [-0.4, -0.2) is 59.8 Å². The van der Waals surface area contributed by atoms with Gasteiger partial charge in [-0.2, -0.15) is 0 Å².